The molecule has 2 N–H and O–H groups in total. The minimum atomic E-state index is -0.0455. The number of hydrogen-bond acceptors (Lipinski definition) is 3. The normalized spacial score (nSPS) is 12.4. The van der Waals surface area contributed by atoms with Gasteiger partial charge >= 0.3 is 0 Å². The fraction of sp³-hybridized carbons (Fsp3) is 0.333. The second kappa shape index (κ2) is 6.03. The van der Waals surface area contributed by atoms with E-state index >= 15 is 0 Å². The molecule has 0 saturated carbocycles. The van der Waals surface area contributed by atoms with E-state index < -0.39 is 0 Å². The minimum absolute atomic E-state index is 0.0455. The fourth-order valence-electron chi connectivity index (χ4n) is 1.85. The third-order valence-electron chi connectivity index (χ3n) is 2.88. The molecule has 2 rings (SSSR count). The summed E-state index contributed by atoms with van der Waals surface area (Å²) in [6.07, 6.45) is 0.971. The molecule has 1 heterocycles. The highest BCUT2D eigenvalue weighted by atomic mass is 32.1. The van der Waals surface area contributed by atoms with Crippen molar-refractivity contribution >= 4 is 11.3 Å². The van der Waals surface area contributed by atoms with Crippen molar-refractivity contribution in [3.05, 3.63) is 51.7 Å². The van der Waals surface area contributed by atoms with Crippen LogP contribution in [0.3, 0.4) is 0 Å². The monoisotopic (exact) mass is 261 g/mol. The third-order valence-corrected chi connectivity index (χ3v) is 3.97. The summed E-state index contributed by atoms with van der Waals surface area (Å²) in [5, 5.41) is 0. The van der Waals surface area contributed by atoms with Crippen LogP contribution in [0.4, 0.5) is 0 Å². The van der Waals surface area contributed by atoms with E-state index in [1.165, 1.54) is 15.3 Å². The number of rotatable bonds is 5. The summed E-state index contributed by atoms with van der Waals surface area (Å²) in [5.41, 5.74) is 7.10. The van der Waals surface area contributed by atoms with Gasteiger partial charge in [0.15, 0.2) is 0 Å². The summed E-state index contributed by atoms with van der Waals surface area (Å²) >= 11 is 1.74. The average Bonchev–Trinajstić information content (AvgIpc) is 2.82. The molecule has 0 fully saturated rings. The molecule has 0 saturated heterocycles. The Labute approximate surface area is 112 Å². The topological polar surface area (TPSA) is 35.2 Å². The molecule has 0 radical (unpaired) electrons. The van der Waals surface area contributed by atoms with Gasteiger partial charge in [0.25, 0.3) is 0 Å². The van der Waals surface area contributed by atoms with Gasteiger partial charge in [0, 0.05) is 16.3 Å². The van der Waals surface area contributed by atoms with Crippen LogP contribution in [0.5, 0.6) is 5.75 Å². The van der Waals surface area contributed by atoms with E-state index in [-0.39, 0.29) is 6.10 Å². The lowest BCUT2D eigenvalue weighted by atomic mass is 10.1. The molecule has 0 aliphatic heterocycles. The number of thiophene rings is 1. The van der Waals surface area contributed by atoms with Crippen LogP contribution < -0.4 is 10.5 Å². The van der Waals surface area contributed by atoms with E-state index in [9.17, 15) is 0 Å². The van der Waals surface area contributed by atoms with Gasteiger partial charge in [-0.2, -0.15) is 0 Å². The highest BCUT2D eigenvalue weighted by Gasteiger charge is 2.13. The molecule has 3 heteroatoms. The molecule has 1 aromatic heterocycles. The lowest BCUT2D eigenvalue weighted by Crippen LogP contribution is -2.17. The van der Waals surface area contributed by atoms with Crippen LogP contribution in [-0.4, -0.2) is 6.54 Å². The third kappa shape index (κ3) is 3.12. The number of nitrogens with two attached hydrogens (primary N) is 1. The van der Waals surface area contributed by atoms with Gasteiger partial charge in [-0.15, -0.1) is 11.3 Å². The highest BCUT2D eigenvalue weighted by molar-refractivity contribution is 7.12. The molecule has 2 aromatic rings. The maximum Gasteiger partial charge on any atom is 0.145 e. The van der Waals surface area contributed by atoms with E-state index in [4.69, 9.17) is 10.5 Å². The summed E-state index contributed by atoms with van der Waals surface area (Å²) in [6.45, 7) is 4.73. The summed E-state index contributed by atoms with van der Waals surface area (Å²) in [7, 11) is 0. The molecule has 18 heavy (non-hydrogen) atoms. The van der Waals surface area contributed by atoms with Crippen LogP contribution in [0.2, 0.25) is 0 Å². The molecular weight excluding hydrogens is 242 g/mol. The Balaban J connectivity index is 2.14. The van der Waals surface area contributed by atoms with Crippen LogP contribution in [0.1, 0.15) is 28.3 Å². The van der Waals surface area contributed by atoms with Gasteiger partial charge in [-0.3, -0.25) is 0 Å². The zero-order valence-electron chi connectivity index (χ0n) is 10.8. The van der Waals surface area contributed by atoms with E-state index in [0.29, 0.717) is 6.54 Å². The molecule has 2 nitrogen and oxygen atoms in total. The lowest BCUT2D eigenvalue weighted by Gasteiger charge is -2.16. The fourth-order valence-corrected chi connectivity index (χ4v) is 2.77. The number of ether oxygens (including phenoxy) is 1. The predicted octanol–water partition coefficient (Wildman–Crippen LogP) is 3.70. The largest absolute Gasteiger partial charge is 0.484 e. The Morgan fingerprint density at radius 3 is 2.72 bits per heavy atom. The van der Waals surface area contributed by atoms with Gasteiger partial charge in [0.05, 0.1) is 0 Å². The smallest absolute Gasteiger partial charge is 0.145 e. The van der Waals surface area contributed by atoms with Gasteiger partial charge in [0.2, 0.25) is 0 Å². The van der Waals surface area contributed by atoms with Gasteiger partial charge in [-0.05, 0) is 43.2 Å². The first-order chi connectivity index (χ1) is 8.72. The van der Waals surface area contributed by atoms with Crippen molar-refractivity contribution < 1.29 is 4.74 Å². The van der Waals surface area contributed by atoms with E-state index in [1.807, 2.05) is 12.1 Å². The van der Waals surface area contributed by atoms with Crippen LogP contribution in [0.25, 0.3) is 0 Å². The maximum atomic E-state index is 5.99. The number of hydrogen-bond donors (Lipinski definition) is 1. The summed E-state index contributed by atoms with van der Waals surface area (Å²) < 4.78 is 5.99. The molecule has 96 valence electrons. The van der Waals surface area contributed by atoms with E-state index in [2.05, 4.69) is 38.1 Å². The average molecular weight is 261 g/mol. The molecule has 0 aliphatic carbocycles. The molecule has 0 spiro atoms. The molecule has 0 amide bonds. The molecular formula is C15H19NOS. The van der Waals surface area contributed by atoms with Crippen molar-refractivity contribution in [2.45, 2.75) is 26.4 Å². The first-order valence-corrected chi connectivity index (χ1v) is 7.06. The van der Waals surface area contributed by atoms with Crippen molar-refractivity contribution in [1.82, 2.24) is 0 Å². The van der Waals surface area contributed by atoms with E-state index in [1.54, 1.807) is 11.3 Å². The Hall–Kier alpha value is -1.32. The number of benzene rings is 1. The standard InChI is InChI=1S/C15H19NOS/c1-3-12-5-4-6-13(9-12)17-14(10-16)15-8-7-11(2)18-15/h4-9,14H,3,10,16H2,1-2H3. The van der Waals surface area contributed by atoms with Crippen molar-refractivity contribution in [3.8, 4) is 5.75 Å². The Kier molecular flexibility index (Phi) is 4.39. The maximum absolute atomic E-state index is 5.99. The Morgan fingerprint density at radius 1 is 1.28 bits per heavy atom. The highest BCUT2D eigenvalue weighted by Crippen LogP contribution is 2.27. The van der Waals surface area contributed by atoms with Crippen LogP contribution >= 0.6 is 11.3 Å². The first-order valence-electron chi connectivity index (χ1n) is 6.25. The number of aryl methyl sites for hydroxylation is 2. The quantitative estimate of drug-likeness (QED) is 0.890. The molecule has 0 aliphatic rings. The zero-order valence-corrected chi connectivity index (χ0v) is 11.7. The van der Waals surface area contributed by atoms with Crippen molar-refractivity contribution in [2.24, 2.45) is 5.73 Å². The minimum Gasteiger partial charge on any atom is -0.484 e. The lowest BCUT2D eigenvalue weighted by molar-refractivity contribution is 0.218. The second-order valence-electron chi connectivity index (χ2n) is 4.29. The predicted molar refractivity (Wildman–Crippen MR) is 77.3 cm³/mol. The summed E-state index contributed by atoms with van der Waals surface area (Å²) in [5.74, 6) is 0.899. The molecule has 1 aromatic carbocycles. The van der Waals surface area contributed by atoms with Crippen molar-refractivity contribution in [2.75, 3.05) is 6.54 Å². The second-order valence-corrected chi connectivity index (χ2v) is 5.61. The van der Waals surface area contributed by atoms with Gasteiger partial charge < -0.3 is 10.5 Å². The van der Waals surface area contributed by atoms with Crippen molar-refractivity contribution in [3.63, 3.8) is 0 Å². The van der Waals surface area contributed by atoms with Crippen LogP contribution in [0, 0.1) is 6.92 Å². The van der Waals surface area contributed by atoms with Crippen molar-refractivity contribution in [1.29, 1.82) is 0 Å². The van der Waals surface area contributed by atoms with Gasteiger partial charge in [-0.1, -0.05) is 19.1 Å². The van der Waals surface area contributed by atoms with E-state index in [0.717, 1.165) is 12.2 Å². The summed E-state index contributed by atoms with van der Waals surface area (Å²) in [6, 6.07) is 12.4. The molecule has 0 bridgehead atoms. The zero-order chi connectivity index (χ0) is 13.0. The van der Waals surface area contributed by atoms with Gasteiger partial charge in [0.1, 0.15) is 11.9 Å². The SMILES string of the molecule is CCc1cccc(OC(CN)c2ccc(C)s2)c1. The first kappa shape index (κ1) is 13.1. The Bertz CT molecular complexity index is 507. The molecule has 1 atom stereocenters. The van der Waals surface area contributed by atoms with Crippen LogP contribution in [0.15, 0.2) is 36.4 Å². The van der Waals surface area contributed by atoms with Gasteiger partial charge in [-0.25, -0.2) is 0 Å². The summed E-state index contributed by atoms with van der Waals surface area (Å²) in [4.78, 5) is 2.48. The van der Waals surface area contributed by atoms with Crippen LogP contribution in [-0.2, 0) is 6.42 Å². The Morgan fingerprint density at radius 2 is 2.11 bits per heavy atom. The molecule has 1 unspecified atom stereocenters.